The Morgan fingerprint density at radius 2 is 2.11 bits per heavy atom. The van der Waals surface area contributed by atoms with Gasteiger partial charge in [0.2, 0.25) is 5.89 Å². The van der Waals surface area contributed by atoms with Gasteiger partial charge in [0.1, 0.15) is 5.82 Å². The maximum Gasteiger partial charge on any atom is 0.231 e. The monoisotopic (exact) mass is 261 g/mol. The molecular formula is C14H16FN3O. The molecular weight excluding hydrogens is 245 g/mol. The zero-order valence-electron chi connectivity index (χ0n) is 10.6. The van der Waals surface area contributed by atoms with Gasteiger partial charge in [-0.15, -0.1) is 0 Å². The van der Waals surface area contributed by atoms with Gasteiger partial charge in [-0.2, -0.15) is 4.98 Å². The van der Waals surface area contributed by atoms with E-state index in [1.54, 1.807) is 6.07 Å². The fourth-order valence-corrected chi connectivity index (χ4v) is 2.58. The lowest BCUT2D eigenvalue weighted by Gasteiger charge is -2.17. The Morgan fingerprint density at radius 1 is 1.32 bits per heavy atom. The number of rotatable bonds is 3. The highest BCUT2D eigenvalue weighted by atomic mass is 19.1. The number of nitrogens with zero attached hydrogens (tertiary/aromatic N) is 2. The Hall–Kier alpha value is -1.75. The van der Waals surface area contributed by atoms with Crippen molar-refractivity contribution < 1.29 is 8.91 Å². The first-order chi connectivity index (χ1) is 9.16. The van der Waals surface area contributed by atoms with Crippen LogP contribution in [-0.4, -0.2) is 10.1 Å². The zero-order chi connectivity index (χ0) is 13.3. The topological polar surface area (TPSA) is 64.9 Å². The van der Waals surface area contributed by atoms with Crippen molar-refractivity contribution in [3.05, 3.63) is 47.4 Å². The summed E-state index contributed by atoms with van der Waals surface area (Å²) < 4.78 is 18.3. The quantitative estimate of drug-likeness (QED) is 0.922. The minimum absolute atomic E-state index is 0.261. The fourth-order valence-electron chi connectivity index (χ4n) is 2.58. The second-order valence-electron chi connectivity index (χ2n) is 5.18. The Bertz CT molecular complexity index is 576. The van der Waals surface area contributed by atoms with Crippen molar-refractivity contribution in [3.8, 4) is 0 Å². The van der Waals surface area contributed by atoms with Crippen LogP contribution in [0.3, 0.4) is 0 Å². The van der Waals surface area contributed by atoms with Crippen LogP contribution in [0.4, 0.5) is 4.39 Å². The summed E-state index contributed by atoms with van der Waals surface area (Å²) in [4.78, 5) is 4.36. The van der Waals surface area contributed by atoms with E-state index in [0.717, 1.165) is 31.2 Å². The third-order valence-electron chi connectivity index (χ3n) is 3.65. The zero-order valence-corrected chi connectivity index (χ0v) is 10.6. The molecule has 1 saturated carbocycles. The molecule has 0 amide bonds. The van der Waals surface area contributed by atoms with Gasteiger partial charge in [-0.3, -0.25) is 0 Å². The first-order valence-corrected chi connectivity index (χ1v) is 6.52. The number of benzene rings is 1. The van der Waals surface area contributed by atoms with E-state index in [-0.39, 0.29) is 5.82 Å². The molecule has 0 bridgehead atoms. The van der Waals surface area contributed by atoms with Gasteiger partial charge in [0, 0.05) is 0 Å². The number of hydrogen-bond donors (Lipinski definition) is 1. The van der Waals surface area contributed by atoms with Crippen LogP contribution in [0, 0.1) is 5.82 Å². The molecule has 3 rings (SSSR count). The summed E-state index contributed by atoms with van der Waals surface area (Å²) >= 11 is 0. The highest BCUT2D eigenvalue weighted by Crippen LogP contribution is 2.34. The highest BCUT2D eigenvalue weighted by molar-refractivity contribution is 5.19. The molecule has 1 aromatic carbocycles. The predicted molar refractivity (Wildman–Crippen MR) is 67.8 cm³/mol. The lowest BCUT2D eigenvalue weighted by Crippen LogP contribution is -2.34. The van der Waals surface area contributed by atoms with E-state index in [9.17, 15) is 4.39 Å². The van der Waals surface area contributed by atoms with Crippen molar-refractivity contribution in [1.82, 2.24) is 10.1 Å². The van der Waals surface area contributed by atoms with Crippen molar-refractivity contribution in [2.45, 2.75) is 37.6 Å². The van der Waals surface area contributed by atoms with Crippen LogP contribution in [0.2, 0.25) is 0 Å². The van der Waals surface area contributed by atoms with E-state index < -0.39 is 5.54 Å². The molecule has 0 saturated heterocycles. The molecule has 4 nitrogen and oxygen atoms in total. The van der Waals surface area contributed by atoms with Crippen LogP contribution in [-0.2, 0) is 12.0 Å². The van der Waals surface area contributed by atoms with Gasteiger partial charge < -0.3 is 10.3 Å². The smallest absolute Gasteiger partial charge is 0.231 e. The molecule has 1 aliphatic rings. The molecule has 0 spiro atoms. The Balaban J connectivity index is 1.78. The molecule has 2 N–H and O–H groups in total. The van der Waals surface area contributed by atoms with Gasteiger partial charge in [0.15, 0.2) is 5.82 Å². The van der Waals surface area contributed by atoms with E-state index in [1.807, 2.05) is 6.07 Å². The van der Waals surface area contributed by atoms with E-state index >= 15 is 0 Å². The van der Waals surface area contributed by atoms with Crippen LogP contribution in [0.25, 0.3) is 0 Å². The Labute approximate surface area is 110 Å². The van der Waals surface area contributed by atoms with Crippen LogP contribution >= 0.6 is 0 Å². The second kappa shape index (κ2) is 4.74. The minimum atomic E-state index is -0.441. The van der Waals surface area contributed by atoms with Gasteiger partial charge in [-0.25, -0.2) is 4.39 Å². The molecule has 0 unspecified atom stereocenters. The molecule has 0 aliphatic heterocycles. The molecule has 19 heavy (non-hydrogen) atoms. The summed E-state index contributed by atoms with van der Waals surface area (Å²) in [6, 6.07) is 6.39. The number of nitrogens with two attached hydrogens (primary N) is 1. The van der Waals surface area contributed by atoms with Crippen LogP contribution < -0.4 is 5.73 Å². The van der Waals surface area contributed by atoms with Crippen molar-refractivity contribution >= 4 is 0 Å². The third-order valence-corrected chi connectivity index (χ3v) is 3.65. The SMILES string of the molecule is NC1(c2noc(Cc3cccc(F)c3)n2)CCCC1. The number of hydrogen-bond acceptors (Lipinski definition) is 4. The van der Waals surface area contributed by atoms with E-state index in [2.05, 4.69) is 10.1 Å². The van der Waals surface area contributed by atoms with Gasteiger partial charge >= 0.3 is 0 Å². The summed E-state index contributed by atoms with van der Waals surface area (Å²) in [6.07, 6.45) is 4.42. The van der Waals surface area contributed by atoms with Gasteiger partial charge in [0.05, 0.1) is 12.0 Å². The standard InChI is InChI=1S/C14H16FN3O/c15-11-5-3-4-10(8-11)9-12-17-13(18-19-12)14(16)6-1-2-7-14/h3-5,8H,1-2,6-7,9,16H2. The molecule has 1 aromatic heterocycles. The summed E-state index contributed by atoms with van der Waals surface area (Å²) in [5.74, 6) is 0.803. The summed E-state index contributed by atoms with van der Waals surface area (Å²) in [5, 5.41) is 3.98. The van der Waals surface area contributed by atoms with E-state index in [0.29, 0.717) is 18.1 Å². The Morgan fingerprint density at radius 3 is 2.84 bits per heavy atom. The first-order valence-electron chi connectivity index (χ1n) is 6.52. The van der Waals surface area contributed by atoms with Crippen molar-refractivity contribution in [1.29, 1.82) is 0 Å². The van der Waals surface area contributed by atoms with Crippen molar-refractivity contribution in [2.24, 2.45) is 5.73 Å². The average molecular weight is 261 g/mol. The van der Waals surface area contributed by atoms with Crippen LogP contribution in [0.5, 0.6) is 0 Å². The van der Waals surface area contributed by atoms with Crippen molar-refractivity contribution in [2.75, 3.05) is 0 Å². The third kappa shape index (κ3) is 2.51. The molecule has 2 aromatic rings. The normalized spacial score (nSPS) is 17.8. The summed E-state index contributed by atoms with van der Waals surface area (Å²) in [6.45, 7) is 0. The molecule has 1 fully saturated rings. The molecule has 5 heteroatoms. The average Bonchev–Trinajstić information content (AvgIpc) is 2.99. The lowest BCUT2D eigenvalue weighted by atomic mass is 9.99. The molecule has 0 atom stereocenters. The van der Waals surface area contributed by atoms with Crippen LogP contribution in [0.15, 0.2) is 28.8 Å². The van der Waals surface area contributed by atoms with E-state index in [4.69, 9.17) is 10.3 Å². The number of aromatic nitrogens is 2. The molecule has 1 heterocycles. The minimum Gasteiger partial charge on any atom is -0.339 e. The number of halogens is 1. The molecule has 100 valence electrons. The predicted octanol–water partition coefficient (Wildman–Crippen LogP) is 2.53. The summed E-state index contributed by atoms with van der Waals surface area (Å²) in [7, 11) is 0. The maximum absolute atomic E-state index is 13.1. The van der Waals surface area contributed by atoms with Gasteiger partial charge in [0.25, 0.3) is 0 Å². The highest BCUT2D eigenvalue weighted by Gasteiger charge is 2.35. The molecule has 1 aliphatic carbocycles. The van der Waals surface area contributed by atoms with E-state index in [1.165, 1.54) is 12.1 Å². The van der Waals surface area contributed by atoms with Crippen LogP contribution in [0.1, 0.15) is 43.0 Å². The van der Waals surface area contributed by atoms with Gasteiger partial charge in [-0.05, 0) is 30.5 Å². The largest absolute Gasteiger partial charge is 0.339 e. The second-order valence-corrected chi connectivity index (χ2v) is 5.18. The fraction of sp³-hybridized carbons (Fsp3) is 0.429. The first kappa shape index (κ1) is 12.3. The maximum atomic E-state index is 13.1. The summed E-state index contributed by atoms with van der Waals surface area (Å²) in [5.41, 5.74) is 6.64. The lowest BCUT2D eigenvalue weighted by molar-refractivity contribution is 0.352. The molecule has 0 radical (unpaired) electrons. The van der Waals surface area contributed by atoms with Gasteiger partial charge in [-0.1, -0.05) is 30.1 Å². The Kier molecular flexibility index (Phi) is 3.06. The van der Waals surface area contributed by atoms with Crippen molar-refractivity contribution in [3.63, 3.8) is 0 Å².